The van der Waals surface area contributed by atoms with Crippen LogP contribution in [0.2, 0.25) is 5.02 Å². The summed E-state index contributed by atoms with van der Waals surface area (Å²) in [6.45, 7) is 4.10. The quantitative estimate of drug-likeness (QED) is 0.821. The van der Waals surface area contributed by atoms with E-state index in [1.165, 1.54) is 6.07 Å². The van der Waals surface area contributed by atoms with Gasteiger partial charge in [0.2, 0.25) is 5.91 Å². The zero-order valence-corrected chi connectivity index (χ0v) is 16.3. The van der Waals surface area contributed by atoms with Gasteiger partial charge >= 0.3 is 0 Å². The maximum atomic E-state index is 14.4. The lowest BCUT2D eigenvalue weighted by Crippen LogP contribution is -2.44. The van der Waals surface area contributed by atoms with Crippen LogP contribution in [0.1, 0.15) is 17.5 Å². The Hall–Kier alpha value is -2.11. The number of rotatable bonds is 6. The van der Waals surface area contributed by atoms with Crippen molar-refractivity contribution in [1.29, 1.82) is 0 Å². The van der Waals surface area contributed by atoms with E-state index < -0.39 is 0 Å². The molecule has 1 saturated heterocycles. The van der Waals surface area contributed by atoms with E-state index in [4.69, 9.17) is 11.6 Å². The summed E-state index contributed by atoms with van der Waals surface area (Å²) in [6.07, 6.45) is 0.649. The van der Waals surface area contributed by atoms with Gasteiger partial charge in [-0.2, -0.15) is 0 Å². The predicted octanol–water partition coefficient (Wildman–Crippen LogP) is 3.48. The van der Waals surface area contributed by atoms with Gasteiger partial charge in [-0.1, -0.05) is 29.8 Å². The van der Waals surface area contributed by atoms with E-state index in [-0.39, 0.29) is 18.1 Å². The highest BCUT2D eigenvalue weighted by Crippen LogP contribution is 2.25. The van der Waals surface area contributed by atoms with Gasteiger partial charge in [0, 0.05) is 55.4 Å². The number of piperazine rings is 1. The second kappa shape index (κ2) is 9.20. The number of nitrogens with zero attached hydrogens (tertiary/aromatic N) is 2. The van der Waals surface area contributed by atoms with Crippen molar-refractivity contribution in [3.8, 4) is 0 Å². The Labute approximate surface area is 164 Å². The molecule has 0 unspecified atom stereocenters. The van der Waals surface area contributed by atoms with E-state index in [9.17, 15) is 9.18 Å². The molecule has 1 fully saturated rings. The molecular weight excluding hydrogens is 365 g/mol. The van der Waals surface area contributed by atoms with Crippen LogP contribution in [0.15, 0.2) is 42.5 Å². The van der Waals surface area contributed by atoms with Gasteiger partial charge in [0.15, 0.2) is 0 Å². The summed E-state index contributed by atoms with van der Waals surface area (Å²) < 4.78 is 14.4. The van der Waals surface area contributed by atoms with Crippen LogP contribution in [0, 0.1) is 5.82 Å². The Morgan fingerprint density at radius 3 is 2.52 bits per heavy atom. The monoisotopic (exact) mass is 389 g/mol. The fourth-order valence-electron chi connectivity index (χ4n) is 3.27. The first-order valence-corrected chi connectivity index (χ1v) is 9.63. The summed E-state index contributed by atoms with van der Waals surface area (Å²) in [6, 6.07) is 12.5. The maximum Gasteiger partial charge on any atom is 0.220 e. The standard InChI is InChI=1S/C21H25ClFN3O/c1-25-11-13-26(14-12-25)20-4-2-3-19(23)18(20)9-10-21(27)24-15-16-5-7-17(22)8-6-16/h2-8H,9-15H2,1H3,(H,24,27). The normalized spacial score (nSPS) is 15.0. The van der Waals surface area contributed by atoms with E-state index in [1.807, 2.05) is 18.2 Å². The first-order valence-electron chi connectivity index (χ1n) is 9.25. The molecule has 1 aliphatic rings. The molecule has 27 heavy (non-hydrogen) atoms. The highest BCUT2D eigenvalue weighted by atomic mass is 35.5. The molecule has 4 nitrogen and oxygen atoms in total. The van der Waals surface area contributed by atoms with Gasteiger partial charge in [-0.05, 0) is 43.3 Å². The molecule has 2 aromatic rings. The summed E-state index contributed by atoms with van der Waals surface area (Å²) in [7, 11) is 2.09. The smallest absolute Gasteiger partial charge is 0.220 e. The average Bonchev–Trinajstić information content (AvgIpc) is 2.67. The summed E-state index contributed by atoms with van der Waals surface area (Å²) in [5, 5.41) is 3.56. The van der Waals surface area contributed by atoms with Crippen molar-refractivity contribution in [2.75, 3.05) is 38.1 Å². The molecule has 1 N–H and O–H groups in total. The SMILES string of the molecule is CN1CCN(c2cccc(F)c2CCC(=O)NCc2ccc(Cl)cc2)CC1. The van der Waals surface area contributed by atoms with Gasteiger partial charge in [-0.15, -0.1) is 0 Å². The Bertz CT molecular complexity index is 773. The van der Waals surface area contributed by atoms with Gasteiger partial charge in [0.25, 0.3) is 0 Å². The first kappa shape index (κ1) is 19.6. The lowest BCUT2D eigenvalue weighted by atomic mass is 10.0. The number of benzene rings is 2. The van der Waals surface area contributed by atoms with Gasteiger partial charge in [-0.25, -0.2) is 4.39 Å². The zero-order chi connectivity index (χ0) is 19.2. The van der Waals surface area contributed by atoms with Crippen molar-refractivity contribution < 1.29 is 9.18 Å². The number of likely N-dealkylation sites (N-methyl/N-ethyl adjacent to an activating group) is 1. The third-order valence-corrected chi connectivity index (χ3v) is 5.20. The molecule has 0 atom stereocenters. The molecule has 1 heterocycles. The molecule has 144 valence electrons. The van der Waals surface area contributed by atoms with E-state index in [0.29, 0.717) is 23.6 Å². The maximum absolute atomic E-state index is 14.4. The fraction of sp³-hybridized carbons (Fsp3) is 0.381. The van der Waals surface area contributed by atoms with Crippen LogP contribution in [0.4, 0.5) is 10.1 Å². The Morgan fingerprint density at radius 1 is 1.11 bits per heavy atom. The number of halogens is 2. The van der Waals surface area contributed by atoms with Crippen LogP contribution in [0.25, 0.3) is 0 Å². The minimum Gasteiger partial charge on any atom is -0.369 e. The number of nitrogens with one attached hydrogen (secondary N) is 1. The summed E-state index contributed by atoms with van der Waals surface area (Å²) in [5.41, 5.74) is 2.52. The molecule has 0 aromatic heterocycles. The van der Waals surface area contributed by atoms with Crippen molar-refractivity contribution in [2.24, 2.45) is 0 Å². The molecule has 0 saturated carbocycles. The molecular formula is C21H25ClFN3O. The van der Waals surface area contributed by atoms with Crippen LogP contribution in [-0.4, -0.2) is 44.0 Å². The number of carbonyl (C=O) groups is 1. The zero-order valence-electron chi connectivity index (χ0n) is 15.5. The molecule has 1 amide bonds. The van der Waals surface area contributed by atoms with Crippen molar-refractivity contribution in [1.82, 2.24) is 10.2 Å². The summed E-state index contributed by atoms with van der Waals surface area (Å²) >= 11 is 5.86. The topological polar surface area (TPSA) is 35.6 Å². The molecule has 0 spiro atoms. The van der Waals surface area contributed by atoms with Gasteiger partial charge in [-0.3, -0.25) is 4.79 Å². The number of hydrogen-bond acceptors (Lipinski definition) is 3. The van der Waals surface area contributed by atoms with E-state index >= 15 is 0 Å². The molecule has 1 aliphatic heterocycles. The third kappa shape index (κ3) is 5.44. The van der Waals surface area contributed by atoms with Crippen LogP contribution in [0.5, 0.6) is 0 Å². The number of amides is 1. The second-order valence-corrected chi connectivity index (χ2v) is 7.37. The first-order chi connectivity index (χ1) is 13.0. The van der Waals surface area contributed by atoms with E-state index in [2.05, 4.69) is 22.2 Å². The predicted molar refractivity (Wildman–Crippen MR) is 108 cm³/mol. The largest absolute Gasteiger partial charge is 0.369 e. The molecule has 0 radical (unpaired) electrons. The van der Waals surface area contributed by atoms with Crippen LogP contribution < -0.4 is 10.2 Å². The van der Waals surface area contributed by atoms with Gasteiger partial charge in [0.1, 0.15) is 5.82 Å². The lowest BCUT2D eigenvalue weighted by molar-refractivity contribution is -0.121. The average molecular weight is 390 g/mol. The van der Waals surface area contributed by atoms with Crippen molar-refractivity contribution in [2.45, 2.75) is 19.4 Å². The highest BCUT2D eigenvalue weighted by Gasteiger charge is 2.19. The van der Waals surface area contributed by atoms with Crippen molar-refractivity contribution >= 4 is 23.2 Å². The molecule has 6 heteroatoms. The number of anilines is 1. The van der Waals surface area contributed by atoms with Crippen molar-refractivity contribution in [3.63, 3.8) is 0 Å². The van der Waals surface area contributed by atoms with Crippen LogP contribution in [0.3, 0.4) is 0 Å². The summed E-state index contributed by atoms with van der Waals surface area (Å²) in [4.78, 5) is 16.7. The van der Waals surface area contributed by atoms with Gasteiger partial charge in [0.05, 0.1) is 0 Å². The number of hydrogen-bond donors (Lipinski definition) is 1. The van der Waals surface area contributed by atoms with Crippen molar-refractivity contribution in [3.05, 3.63) is 64.4 Å². The second-order valence-electron chi connectivity index (χ2n) is 6.93. The minimum atomic E-state index is -0.239. The molecule has 0 aliphatic carbocycles. The minimum absolute atomic E-state index is 0.0856. The molecule has 0 bridgehead atoms. The Balaban J connectivity index is 1.58. The lowest BCUT2D eigenvalue weighted by Gasteiger charge is -2.35. The Morgan fingerprint density at radius 2 is 1.81 bits per heavy atom. The number of carbonyl (C=O) groups excluding carboxylic acids is 1. The third-order valence-electron chi connectivity index (χ3n) is 4.94. The van der Waals surface area contributed by atoms with E-state index in [0.717, 1.165) is 37.4 Å². The fourth-order valence-corrected chi connectivity index (χ4v) is 3.39. The Kier molecular flexibility index (Phi) is 6.69. The summed E-state index contributed by atoms with van der Waals surface area (Å²) in [5.74, 6) is -0.325. The van der Waals surface area contributed by atoms with Crippen LogP contribution >= 0.6 is 11.6 Å². The highest BCUT2D eigenvalue weighted by molar-refractivity contribution is 6.30. The van der Waals surface area contributed by atoms with Crippen LogP contribution in [-0.2, 0) is 17.8 Å². The molecule has 2 aromatic carbocycles. The molecule has 3 rings (SSSR count). The van der Waals surface area contributed by atoms with Gasteiger partial charge < -0.3 is 15.1 Å². The van der Waals surface area contributed by atoms with E-state index in [1.54, 1.807) is 18.2 Å².